The summed E-state index contributed by atoms with van der Waals surface area (Å²) < 4.78 is 28.3. The monoisotopic (exact) mass is 338 g/mol. The van der Waals surface area contributed by atoms with Crippen LogP contribution in [0.5, 0.6) is 0 Å². The van der Waals surface area contributed by atoms with Crippen molar-refractivity contribution in [1.29, 1.82) is 10.5 Å². The molecule has 0 bridgehead atoms. The van der Waals surface area contributed by atoms with Crippen LogP contribution in [-0.2, 0) is 0 Å². The summed E-state index contributed by atoms with van der Waals surface area (Å²) in [6.07, 6.45) is 1.68. The molecule has 0 amide bonds. The molecule has 6 heteroatoms. The van der Waals surface area contributed by atoms with Gasteiger partial charge in [0.05, 0.1) is 34.6 Å². The third-order valence-corrected chi connectivity index (χ3v) is 4.30. The van der Waals surface area contributed by atoms with E-state index in [4.69, 9.17) is 10.5 Å². The molecule has 1 fully saturated rings. The summed E-state index contributed by atoms with van der Waals surface area (Å²) in [5.74, 6) is -0.898. The van der Waals surface area contributed by atoms with Crippen LogP contribution >= 0.6 is 0 Å². The number of nitrogens with one attached hydrogen (secondary N) is 1. The molecule has 0 aliphatic carbocycles. The van der Waals surface area contributed by atoms with Crippen molar-refractivity contribution < 1.29 is 8.78 Å². The average Bonchev–Trinajstić information content (AvgIpc) is 2.63. The number of anilines is 2. The van der Waals surface area contributed by atoms with Gasteiger partial charge in [0.1, 0.15) is 11.6 Å². The Balaban J connectivity index is 1.74. The fourth-order valence-electron chi connectivity index (χ4n) is 3.07. The Labute approximate surface area is 144 Å². The molecule has 0 saturated carbocycles. The van der Waals surface area contributed by atoms with Gasteiger partial charge in [-0.25, -0.2) is 8.78 Å². The highest BCUT2D eigenvalue weighted by Crippen LogP contribution is 2.26. The number of hydrogen-bond acceptors (Lipinski definition) is 4. The molecule has 1 aliphatic heterocycles. The van der Waals surface area contributed by atoms with E-state index in [-0.39, 0.29) is 17.2 Å². The van der Waals surface area contributed by atoms with E-state index in [1.165, 1.54) is 12.1 Å². The Hall–Kier alpha value is -3.12. The first kappa shape index (κ1) is 16.7. The highest BCUT2D eigenvalue weighted by molar-refractivity contribution is 5.53. The summed E-state index contributed by atoms with van der Waals surface area (Å²) in [5.41, 5.74) is 1.34. The second kappa shape index (κ2) is 7.19. The number of hydrogen-bond donors (Lipinski definition) is 1. The summed E-state index contributed by atoms with van der Waals surface area (Å²) in [6.45, 7) is 1.24. The minimum Gasteiger partial charge on any atom is -0.378 e. The number of halogens is 2. The molecule has 4 nitrogen and oxygen atoms in total. The number of nitriles is 2. The first-order chi connectivity index (χ1) is 12.1. The van der Waals surface area contributed by atoms with Crippen molar-refractivity contribution >= 4 is 11.4 Å². The maximum atomic E-state index is 14.2. The fourth-order valence-corrected chi connectivity index (χ4v) is 3.07. The van der Waals surface area contributed by atoms with Crippen LogP contribution in [0.2, 0.25) is 0 Å². The summed E-state index contributed by atoms with van der Waals surface area (Å²) >= 11 is 0. The number of rotatable bonds is 3. The van der Waals surface area contributed by atoms with E-state index in [1.54, 1.807) is 24.3 Å². The molecule has 3 rings (SSSR count). The Kier molecular flexibility index (Phi) is 4.81. The van der Waals surface area contributed by atoms with Crippen LogP contribution in [0.3, 0.4) is 0 Å². The predicted molar refractivity (Wildman–Crippen MR) is 91.1 cm³/mol. The van der Waals surface area contributed by atoms with E-state index in [0.717, 1.165) is 12.8 Å². The Morgan fingerprint density at radius 2 is 1.68 bits per heavy atom. The molecular formula is C19H16F2N4. The molecule has 1 aliphatic rings. The lowest BCUT2D eigenvalue weighted by molar-refractivity contribution is 0.515. The molecule has 126 valence electrons. The molecule has 25 heavy (non-hydrogen) atoms. The van der Waals surface area contributed by atoms with Gasteiger partial charge in [-0.2, -0.15) is 10.5 Å². The van der Waals surface area contributed by atoms with Crippen molar-refractivity contribution in [1.82, 2.24) is 0 Å². The second-order valence-electron chi connectivity index (χ2n) is 6.01. The normalized spacial score (nSPS) is 16.8. The van der Waals surface area contributed by atoms with Crippen LogP contribution in [0.1, 0.15) is 24.0 Å². The maximum Gasteiger partial charge on any atom is 0.147 e. The van der Waals surface area contributed by atoms with E-state index in [9.17, 15) is 8.78 Å². The Bertz CT molecular complexity index is 867. The van der Waals surface area contributed by atoms with Crippen molar-refractivity contribution in [2.75, 3.05) is 23.3 Å². The largest absolute Gasteiger partial charge is 0.378 e. The van der Waals surface area contributed by atoms with E-state index in [0.29, 0.717) is 24.5 Å². The van der Waals surface area contributed by atoms with Gasteiger partial charge in [-0.1, -0.05) is 0 Å². The summed E-state index contributed by atoms with van der Waals surface area (Å²) in [4.78, 5) is 1.90. The molecule has 2 aromatic rings. The molecule has 1 atom stereocenters. The smallest absolute Gasteiger partial charge is 0.147 e. The standard InChI is InChI=1S/C19H16F2N4/c20-16-8-13(10-22)3-5-18(16)24-15-2-1-7-25(12-15)19-6-4-14(11-23)9-17(19)21/h3-6,8-9,15,24H,1-2,7,12H2. The molecule has 0 spiro atoms. The van der Waals surface area contributed by atoms with Gasteiger partial charge in [0, 0.05) is 19.1 Å². The van der Waals surface area contributed by atoms with Crippen molar-refractivity contribution in [3.8, 4) is 12.1 Å². The van der Waals surface area contributed by atoms with Crippen molar-refractivity contribution in [3.63, 3.8) is 0 Å². The lowest BCUT2D eigenvalue weighted by Crippen LogP contribution is -2.42. The highest BCUT2D eigenvalue weighted by atomic mass is 19.1. The van der Waals surface area contributed by atoms with Crippen LogP contribution in [-0.4, -0.2) is 19.1 Å². The molecule has 1 heterocycles. The quantitative estimate of drug-likeness (QED) is 0.925. The summed E-state index contributed by atoms with van der Waals surface area (Å²) in [6, 6.07) is 12.5. The highest BCUT2D eigenvalue weighted by Gasteiger charge is 2.23. The van der Waals surface area contributed by atoms with E-state index in [1.807, 2.05) is 17.0 Å². The zero-order chi connectivity index (χ0) is 17.8. The first-order valence-electron chi connectivity index (χ1n) is 8.01. The molecule has 0 aromatic heterocycles. The SMILES string of the molecule is N#Cc1ccc(NC2CCCN(c3ccc(C#N)cc3F)C2)c(F)c1. The van der Waals surface area contributed by atoms with Crippen LogP contribution in [0.25, 0.3) is 0 Å². The molecule has 2 aromatic carbocycles. The van der Waals surface area contributed by atoms with Crippen LogP contribution < -0.4 is 10.2 Å². The topological polar surface area (TPSA) is 62.9 Å². The van der Waals surface area contributed by atoms with Gasteiger partial charge < -0.3 is 10.2 Å². The fraction of sp³-hybridized carbons (Fsp3) is 0.263. The molecule has 0 radical (unpaired) electrons. The average molecular weight is 338 g/mol. The third-order valence-electron chi connectivity index (χ3n) is 4.30. The molecule has 1 saturated heterocycles. The zero-order valence-electron chi connectivity index (χ0n) is 13.5. The van der Waals surface area contributed by atoms with Gasteiger partial charge in [0.25, 0.3) is 0 Å². The van der Waals surface area contributed by atoms with E-state index >= 15 is 0 Å². The molecule has 1 unspecified atom stereocenters. The number of benzene rings is 2. The first-order valence-corrected chi connectivity index (χ1v) is 8.01. The predicted octanol–water partition coefficient (Wildman–Crippen LogP) is 3.79. The summed E-state index contributed by atoms with van der Waals surface area (Å²) in [7, 11) is 0. The zero-order valence-corrected chi connectivity index (χ0v) is 13.5. The second-order valence-corrected chi connectivity index (χ2v) is 6.01. The minimum absolute atomic E-state index is 0.0359. The third kappa shape index (κ3) is 3.70. The van der Waals surface area contributed by atoms with Crippen molar-refractivity contribution in [3.05, 3.63) is 59.2 Å². The van der Waals surface area contributed by atoms with Crippen molar-refractivity contribution in [2.24, 2.45) is 0 Å². The molecular weight excluding hydrogens is 322 g/mol. The van der Waals surface area contributed by atoms with E-state index in [2.05, 4.69) is 5.32 Å². The molecule has 1 N–H and O–H groups in total. The number of piperidine rings is 1. The minimum atomic E-state index is -0.472. The lowest BCUT2D eigenvalue weighted by atomic mass is 10.0. The van der Waals surface area contributed by atoms with Gasteiger partial charge in [-0.05, 0) is 49.2 Å². The van der Waals surface area contributed by atoms with Gasteiger partial charge in [-0.3, -0.25) is 0 Å². The van der Waals surface area contributed by atoms with Gasteiger partial charge >= 0.3 is 0 Å². The van der Waals surface area contributed by atoms with Gasteiger partial charge in [-0.15, -0.1) is 0 Å². The number of nitrogens with zero attached hydrogens (tertiary/aromatic N) is 3. The van der Waals surface area contributed by atoms with Gasteiger partial charge in [0.15, 0.2) is 0 Å². The van der Waals surface area contributed by atoms with Crippen LogP contribution in [0.4, 0.5) is 20.2 Å². The van der Waals surface area contributed by atoms with Crippen molar-refractivity contribution in [2.45, 2.75) is 18.9 Å². The van der Waals surface area contributed by atoms with Crippen LogP contribution in [0, 0.1) is 34.3 Å². The van der Waals surface area contributed by atoms with Gasteiger partial charge in [0.2, 0.25) is 0 Å². The summed E-state index contributed by atoms with van der Waals surface area (Å²) in [5, 5.41) is 20.8. The van der Waals surface area contributed by atoms with E-state index < -0.39 is 11.6 Å². The maximum absolute atomic E-state index is 14.2. The van der Waals surface area contributed by atoms with Crippen LogP contribution in [0.15, 0.2) is 36.4 Å². The Morgan fingerprint density at radius 1 is 1.00 bits per heavy atom. The lowest BCUT2D eigenvalue weighted by Gasteiger charge is -2.35. The Morgan fingerprint density at radius 3 is 2.32 bits per heavy atom.